The van der Waals surface area contributed by atoms with E-state index in [1.807, 2.05) is 6.07 Å². The van der Waals surface area contributed by atoms with Gasteiger partial charge in [-0.25, -0.2) is 0 Å². The summed E-state index contributed by atoms with van der Waals surface area (Å²) in [6.45, 7) is 0. The van der Waals surface area contributed by atoms with E-state index in [1.54, 1.807) is 24.3 Å². The van der Waals surface area contributed by atoms with Crippen LogP contribution in [0, 0.1) is 21.4 Å². The Bertz CT molecular complexity index is 405. The fraction of sp³-hybridized carbons (Fsp3) is 0.100. The molecule has 0 bridgehead atoms. The first-order valence-electron chi connectivity index (χ1n) is 4.02. The predicted octanol–water partition coefficient (Wildman–Crippen LogP) is 2.52. The summed E-state index contributed by atoms with van der Waals surface area (Å²) >= 11 is 0. The third-order valence-electron chi connectivity index (χ3n) is 1.60. The maximum absolute atomic E-state index is 10.4. The number of allylic oxidation sites excluding steroid dienone is 1. The molecule has 0 N–H and O–H groups in total. The molecule has 0 radical (unpaired) electrons. The third-order valence-corrected chi connectivity index (χ3v) is 1.60. The van der Waals surface area contributed by atoms with E-state index in [1.165, 1.54) is 12.1 Å². The Balaban J connectivity index is 2.85. The minimum Gasteiger partial charge on any atom is -0.258 e. The van der Waals surface area contributed by atoms with Gasteiger partial charge in [-0.05, 0) is 5.56 Å². The molecule has 0 unspecified atom stereocenters. The second kappa shape index (κ2) is 4.77. The van der Waals surface area contributed by atoms with E-state index in [-0.39, 0.29) is 5.69 Å². The van der Waals surface area contributed by atoms with Crippen LogP contribution in [0.25, 0.3) is 6.08 Å². The summed E-state index contributed by atoms with van der Waals surface area (Å²) in [4.78, 5) is 9.97. The normalized spacial score (nSPS) is 9.93. The van der Waals surface area contributed by atoms with Crippen LogP contribution >= 0.6 is 0 Å². The fourth-order valence-electron chi connectivity index (χ4n) is 0.990. The van der Waals surface area contributed by atoms with Crippen LogP contribution in [-0.4, -0.2) is 4.92 Å². The highest BCUT2D eigenvalue weighted by molar-refractivity contribution is 5.53. The van der Waals surface area contributed by atoms with Gasteiger partial charge in [-0.15, -0.1) is 0 Å². The van der Waals surface area contributed by atoms with Gasteiger partial charge in [0.2, 0.25) is 0 Å². The monoisotopic (exact) mass is 188 g/mol. The molecule has 0 spiro atoms. The zero-order chi connectivity index (χ0) is 10.4. The van der Waals surface area contributed by atoms with Gasteiger partial charge < -0.3 is 0 Å². The van der Waals surface area contributed by atoms with Crippen molar-refractivity contribution in [2.45, 2.75) is 6.42 Å². The molecule has 0 saturated carbocycles. The van der Waals surface area contributed by atoms with E-state index in [0.717, 1.165) is 5.56 Å². The number of nitro benzene ring substituents is 1. The number of non-ortho nitro benzene ring substituents is 1. The third kappa shape index (κ3) is 2.72. The van der Waals surface area contributed by atoms with Crippen molar-refractivity contribution in [2.75, 3.05) is 0 Å². The number of nitro groups is 1. The standard InChI is InChI=1S/C10H8N2O2/c11-7-2-1-4-9-5-3-6-10(8-9)12(13)14/h1,3-6,8H,2H2. The van der Waals surface area contributed by atoms with Gasteiger partial charge in [-0.1, -0.05) is 24.3 Å². The molecular formula is C10H8N2O2. The molecule has 0 aliphatic rings. The van der Waals surface area contributed by atoms with Crippen LogP contribution < -0.4 is 0 Å². The Hall–Kier alpha value is -2.15. The Morgan fingerprint density at radius 1 is 1.57 bits per heavy atom. The Kier molecular flexibility index (Phi) is 3.39. The van der Waals surface area contributed by atoms with Gasteiger partial charge in [0.25, 0.3) is 5.69 Å². The first-order chi connectivity index (χ1) is 6.74. The molecule has 4 heteroatoms. The van der Waals surface area contributed by atoms with E-state index in [0.29, 0.717) is 6.42 Å². The molecule has 0 saturated heterocycles. The molecule has 0 aromatic heterocycles. The lowest BCUT2D eigenvalue weighted by molar-refractivity contribution is -0.384. The lowest BCUT2D eigenvalue weighted by atomic mass is 10.2. The zero-order valence-corrected chi connectivity index (χ0v) is 7.38. The zero-order valence-electron chi connectivity index (χ0n) is 7.38. The molecule has 0 amide bonds. The Labute approximate surface area is 81.2 Å². The smallest absolute Gasteiger partial charge is 0.258 e. The molecule has 0 aliphatic carbocycles. The van der Waals surface area contributed by atoms with Crippen LogP contribution in [0.4, 0.5) is 5.69 Å². The molecule has 4 nitrogen and oxygen atoms in total. The summed E-state index contributed by atoms with van der Waals surface area (Å²) < 4.78 is 0. The summed E-state index contributed by atoms with van der Waals surface area (Å²) in [5.74, 6) is 0. The van der Waals surface area contributed by atoms with Crippen LogP contribution in [0.2, 0.25) is 0 Å². The van der Waals surface area contributed by atoms with Crippen molar-refractivity contribution >= 4 is 11.8 Å². The summed E-state index contributed by atoms with van der Waals surface area (Å²) in [5.41, 5.74) is 0.790. The molecular weight excluding hydrogens is 180 g/mol. The van der Waals surface area contributed by atoms with Gasteiger partial charge >= 0.3 is 0 Å². The molecule has 1 aromatic rings. The largest absolute Gasteiger partial charge is 0.270 e. The van der Waals surface area contributed by atoms with Crippen molar-refractivity contribution in [1.82, 2.24) is 0 Å². The van der Waals surface area contributed by atoms with Gasteiger partial charge in [0.05, 0.1) is 17.4 Å². The number of hydrogen-bond donors (Lipinski definition) is 0. The minimum atomic E-state index is -0.443. The molecule has 14 heavy (non-hydrogen) atoms. The van der Waals surface area contributed by atoms with Crippen LogP contribution in [0.5, 0.6) is 0 Å². The molecule has 0 aliphatic heterocycles. The number of hydrogen-bond acceptors (Lipinski definition) is 3. The summed E-state index contributed by atoms with van der Waals surface area (Å²) in [7, 11) is 0. The van der Waals surface area contributed by atoms with Gasteiger partial charge in [0.1, 0.15) is 0 Å². The molecule has 1 aromatic carbocycles. The Morgan fingerprint density at radius 2 is 2.36 bits per heavy atom. The molecule has 1 rings (SSSR count). The SMILES string of the molecule is N#CCC=Cc1cccc([N+](=O)[O-])c1. The second-order valence-electron chi connectivity index (χ2n) is 2.62. The molecule has 70 valence electrons. The van der Waals surface area contributed by atoms with Crippen molar-refractivity contribution in [3.63, 3.8) is 0 Å². The summed E-state index contributed by atoms with van der Waals surface area (Å²) in [6.07, 6.45) is 3.66. The number of rotatable bonds is 3. The first kappa shape index (κ1) is 9.93. The highest BCUT2D eigenvalue weighted by Crippen LogP contribution is 2.14. The lowest BCUT2D eigenvalue weighted by Gasteiger charge is -1.93. The number of benzene rings is 1. The van der Waals surface area contributed by atoms with E-state index in [2.05, 4.69) is 0 Å². The van der Waals surface area contributed by atoms with E-state index >= 15 is 0 Å². The van der Waals surface area contributed by atoms with Crippen LogP contribution in [0.15, 0.2) is 30.3 Å². The van der Waals surface area contributed by atoms with Crippen molar-refractivity contribution in [2.24, 2.45) is 0 Å². The van der Waals surface area contributed by atoms with Crippen molar-refractivity contribution in [3.05, 3.63) is 46.0 Å². The van der Waals surface area contributed by atoms with E-state index < -0.39 is 4.92 Å². The fourth-order valence-corrected chi connectivity index (χ4v) is 0.990. The minimum absolute atomic E-state index is 0.0594. The molecule has 0 atom stereocenters. The van der Waals surface area contributed by atoms with Gasteiger partial charge in [-0.2, -0.15) is 5.26 Å². The average molecular weight is 188 g/mol. The van der Waals surface area contributed by atoms with Gasteiger partial charge in [0, 0.05) is 12.1 Å². The average Bonchev–Trinajstić information content (AvgIpc) is 2.19. The topological polar surface area (TPSA) is 66.9 Å². The Morgan fingerprint density at radius 3 is 3.00 bits per heavy atom. The van der Waals surface area contributed by atoms with Gasteiger partial charge in [-0.3, -0.25) is 10.1 Å². The maximum atomic E-state index is 10.4. The van der Waals surface area contributed by atoms with Crippen molar-refractivity contribution in [3.8, 4) is 6.07 Å². The van der Waals surface area contributed by atoms with Crippen LogP contribution in [-0.2, 0) is 0 Å². The quantitative estimate of drug-likeness (QED) is 0.540. The number of nitrogens with zero attached hydrogens (tertiary/aromatic N) is 2. The van der Waals surface area contributed by atoms with Crippen LogP contribution in [0.1, 0.15) is 12.0 Å². The highest BCUT2D eigenvalue weighted by atomic mass is 16.6. The summed E-state index contributed by atoms with van der Waals surface area (Å²) in [5, 5.41) is 18.7. The number of nitriles is 1. The van der Waals surface area contributed by atoms with Crippen LogP contribution in [0.3, 0.4) is 0 Å². The molecule has 0 heterocycles. The second-order valence-corrected chi connectivity index (χ2v) is 2.62. The first-order valence-corrected chi connectivity index (χ1v) is 4.02. The molecule has 0 fully saturated rings. The van der Waals surface area contributed by atoms with Crippen molar-refractivity contribution in [1.29, 1.82) is 5.26 Å². The lowest BCUT2D eigenvalue weighted by Crippen LogP contribution is -1.87. The van der Waals surface area contributed by atoms with Crippen molar-refractivity contribution < 1.29 is 4.92 Å². The van der Waals surface area contributed by atoms with E-state index in [9.17, 15) is 10.1 Å². The predicted molar refractivity (Wildman–Crippen MR) is 52.4 cm³/mol. The highest BCUT2D eigenvalue weighted by Gasteiger charge is 2.02. The maximum Gasteiger partial charge on any atom is 0.270 e. The van der Waals surface area contributed by atoms with E-state index in [4.69, 9.17) is 5.26 Å². The van der Waals surface area contributed by atoms with Gasteiger partial charge in [0.15, 0.2) is 0 Å². The summed E-state index contributed by atoms with van der Waals surface area (Å²) in [6, 6.07) is 8.22.